The van der Waals surface area contributed by atoms with Crippen molar-refractivity contribution in [2.45, 2.75) is 19.4 Å². The molecule has 5 heteroatoms. The number of carbonyl (C=O) groups excluding carboxylic acids is 1. The van der Waals surface area contributed by atoms with Crippen LogP contribution in [0, 0.1) is 0 Å². The zero-order chi connectivity index (χ0) is 15.8. The molecule has 0 bridgehead atoms. The van der Waals surface area contributed by atoms with Gasteiger partial charge in [0, 0.05) is 12.2 Å². The van der Waals surface area contributed by atoms with Gasteiger partial charge in [0.2, 0.25) is 5.91 Å². The van der Waals surface area contributed by atoms with Crippen LogP contribution in [0.5, 0.6) is 0 Å². The SMILES string of the molecule is CC(Nc1nc2ccccc2s1)C(=O)N1CCc2ccccc21. The van der Waals surface area contributed by atoms with Gasteiger partial charge in [0.1, 0.15) is 6.04 Å². The molecule has 1 aromatic heterocycles. The Kier molecular flexibility index (Phi) is 3.50. The lowest BCUT2D eigenvalue weighted by molar-refractivity contribution is -0.118. The van der Waals surface area contributed by atoms with Crippen molar-refractivity contribution in [1.82, 2.24) is 4.98 Å². The van der Waals surface area contributed by atoms with E-state index >= 15 is 0 Å². The minimum absolute atomic E-state index is 0.0919. The molecule has 116 valence electrons. The van der Waals surface area contributed by atoms with Crippen molar-refractivity contribution in [1.29, 1.82) is 0 Å². The Hall–Kier alpha value is -2.40. The molecule has 1 aliphatic rings. The van der Waals surface area contributed by atoms with Crippen LogP contribution in [0.15, 0.2) is 48.5 Å². The van der Waals surface area contributed by atoms with Gasteiger partial charge in [-0.15, -0.1) is 0 Å². The molecule has 4 nitrogen and oxygen atoms in total. The average Bonchev–Trinajstić information content (AvgIpc) is 3.17. The molecule has 4 rings (SSSR count). The van der Waals surface area contributed by atoms with Gasteiger partial charge in [0.15, 0.2) is 5.13 Å². The van der Waals surface area contributed by atoms with Gasteiger partial charge in [0.25, 0.3) is 0 Å². The summed E-state index contributed by atoms with van der Waals surface area (Å²) in [6.07, 6.45) is 0.926. The summed E-state index contributed by atoms with van der Waals surface area (Å²) in [5, 5.41) is 4.05. The topological polar surface area (TPSA) is 45.2 Å². The summed E-state index contributed by atoms with van der Waals surface area (Å²) in [6, 6.07) is 15.8. The van der Waals surface area contributed by atoms with Gasteiger partial charge >= 0.3 is 0 Å². The highest BCUT2D eigenvalue weighted by molar-refractivity contribution is 7.22. The van der Waals surface area contributed by atoms with Gasteiger partial charge < -0.3 is 10.2 Å². The summed E-state index contributed by atoms with van der Waals surface area (Å²) in [5.74, 6) is 0.0919. The first-order chi connectivity index (χ1) is 11.2. The second kappa shape index (κ2) is 5.66. The third-order valence-corrected chi connectivity index (χ3v) is 5.13. The third-order valence-electron chi connectivity index (χ3n) is 4.16. The van der Waals surface area contributed by atoms with Crippen LogP contribution in [0.25, 0.3) is 10.2 Å². The molecule has 0 radical (unpaired) electrons. The fourth-order valence-corrected chi connectivity index (χ4v) is 3.93. The Morgan fingerprint density at radius 2 is 2.00 bits per heavy atom. The number of fused-ring (bicyclic) bond motifs is 2. The summed E-state index contributed by atoms with van der Waals surface area (Å²) >= 11 is 1.58. The van der Waals surface area contributed by atoms with Crippen molar-refractivity contribution in [3.05, 3.63) is 54.1 Å². The Labute approximate surface area is 138 Å². The first-order valence-electron chi connectivity index (χ1n) is 7.74. The summed E-state index contributed by atoms with van der Waals surface area (Å²) in [7, 11) is 0. The number of hydrogen-bond acceptors (Lipinski definition) is 4. The number of para-hydroxylation sites is 2. The Morgan fingerprint density at radius 3 is 2.87 bits per heavy atom. The minimum Gasteiger partial charge on any atom is -0.350 e. The zero-order valence-electron chi connectivity index (χ0n) is 12.8. The van der Waals surface area contributed by atoms with E-state index in [1.54, 1.807) is 11.3 Å². The standard InChI is InChI=1S/C18H17N3OS/c1-12(19-18-20-14-7-3-5-9-16(14)23-18)17(22)21-11-10-13-6-2-4-8-15(13)21/h2-9,12H,10-11H2,1H3,(H,19,20). The molecule has 1 aliphatic heterocycles. The molecule has 0 aliphatic carbocycles. The van der Waals surface area contributed by atoms with Gasteiger partial charge in [0.05, 0.1) is 10.2 Å². The van der Waals surface area contributed by atoms with Crippen molar-refractivity contribution in [2.24, 2.45) is 0 Å². The number of thiazole rings is 1. The number of anilines is 2. The van der Waals surface area contributed by atoms with Gasteiger partial charge in [-0.25, -0.2) is 4.98 Å². The minimum atomic E-state index is -0.304. The lowest BCUT2D eigenvalue weighted by Crippen LogP contribution is -2.40. The van der Waals surface area contributed by atoms with Crippen molar-refractivity contribution in [3.63, 3.8) is 0 Å². The largest absolute Gasteiger partial charge is 0.350 e. The number of nitrogens with one attached hydrogen (secondary N) is 1. The van der Waals surface area contributed by atoms with Crippen LogP contribution in [-0.2, 0) is 11.2 Å². The zero-order valence-corrected chi connectivity index (χ0v) is 13.6. The highest BCUT2D eigenvalue weighted by atomic mass is 32.1. The van der Waals surface area contributed by atoms with E-state index in [9.17, 15) is 4.79 Å². The molecule has 0 fully saturated rings. The summed E-state index contributed by atoms with van der Waals surface area (Å²) in [4.78, 5) is 19.2. The lowest BCUT2D eigenvalue weighted by Gasteiger charge is -2.22. The number of aromatic nitrogens is 1. The maximum Gasteiger partial charge on any atom is 0.249 e. The van der Waals surface area contributed by atoms with Crippen LogP contribution < -0.4 is 10.2 Å². The Bertz CT molecular complexity index is 840. The van der Waals surface area contributed by atoms with E-state index in [1.807, 2.05) is 54.3 Å². The van der Waals surface area contributed by atoms with E-state index in [0.29, 0.717) is 0 Å². The Balaban J connectivity index is 1.53. The maximum absolute atomic E-state index is 12.8. The van der Waals surface area contributed by atoms with Gasteiger partial charge in [-0.05, 0) is 37.1 Å². The van der Waals surface area contributed by atoms with Crippen molar-refractivity contribution >= 4 is 38.3 Å². The fourth-order valence-electron chi connectivity index (χ4n) is 2.98. The van der Waals surface area contributed by atoms with E-state index in [-0.39, 0.29) is 11.9 Å². The predicted octanol–water partition coefficient (Wildman–Crippen LogP) is 3.69. The number of hydrogen-bond donors (Lipinski definition) is 1. The number of nitrogens with zero attached hydrogens (tertiary/aromatic N) is 2. The van der Waals surface area contributed by atoms with E-state index < -0.39 is 0 Å². The summed E-state index contributed by atoms with van der Waals surface area (Å²) in [6.45, 7) is 2.65. The molecule has 0 saturated heterocycles. The molecule has 23 heavy (non-hydrogen) atoms. The number of carbonyl (C=O) groups is 1. The van der Waals surface area contributed by atoms with Crippen molar-refractivity contribution < 1.29 is 4.79 Å². The van der Waals surface area contributed by atoms with Crippen molar-refractivity contribution in [2.75, 3.05) is 16.8 Å². The molecular weight excluding hydrogens is 306 g/mol. The summed E-state index contributed by atoms with van der Waals surface area (Å²) in [5.41, 5.74) is 3.25. The molecule has 0 saturated carbocycles. The third kappa shape index (κ3) is 2.57. The maximum atomic E-state index is 12.8. The van der Waals surface area contributed by atoms with Crippen LogP contribution in [0.3, 0.4) is 0 Å². The van der Waals surface area contributed by atoms with Crippen molar-refractivity contribution in [3.8, 4) is 0 Å². The molecule has 2 heterocycles. The molecule has 2 aromatic carbocycles. The van der Waals surface area contributed by atoms with E-state index in [0.717, 1.165) is 34.0 Å². The highest BCUT2D eigenvalue weighted by Crippen LogP contribution is 2.29. The second-order valence-corrected chi connectivity index (χ2v) is 6.75. The lowest BCUT2D eigenvalue weighted by atomic mass is 10.2. The normalized spacial score (nSPS) is 14.7. The van der Waals surface area contributed by atoms with Crippen LogP contribution in [0.4, 0.5) is 10.8 Å². The van der Waals surface area contributed by atoms with E-state index in [1.165, 1.54) is 5.56 Å². The van der Waals surface area contributed by atoms with Crippen LogP contribution in [0.1, 0.15) is 12.5 Å². The van der Waals surface area contributed by atoms with Crippen LogP contribution in [0.2, 0.25) is 0 Å². The Morgan fingerprint density at radius 1 is 1.22 bits per heavy atom. The second-order valence-electron chi connectivity index (χ2n) is 5.72. The fraction of sp³-hybridized carbons (Fsp3) is 0.222. The highest BCUT2D eigenvalue weighted by Gasteiger charge is 2.28. The first-order valence-corrected chi connectivity index (χ1v) is 8.55. The van der Waals surface area contributed by atoms with E-state index in [4.69, 9.17) is 0 Å². The molecule has 1 N–H and O–H groups in total. The number of rotatable bonds is 3. The van der Waals surface area contributed by atoms with Gasteiger partial charge in [-0.2, -0.15) is 0 Å². The number of amides is 1. The van der Waals surface area contributed by atoms with Gasteiger partial charge in [-0.1, -0.05) is 41.7 Å². The number of benzene rings is 2. The summed E-state index contributed by atoms with van der Waals surface area (Å²) < 4.78 is 1.13. The smallest absolute Gasteiger partial charge is 0.249 e. The molecule has 1 amide bonds. The average molecular weight is 323 g/mol. The van der Waals surface area contributed by atoms with Crippen LogP contribution >= 0.6 is 11.3 Å². The molecule has 1 unspecified atom stereocenters. The predicted molar refractivity (Wildman–Crippen MR) is 95.2 cm³/mol. The van der Waals surface area contributed by atoms with E-state index in [2.05, 4.69) is 16.4 Å². The quantitative estimate of drug-likeness (QED) is 0.799. The monoisotopic (exact) mass is 323 g/mol. The molecule has 1 atom stereocenters. The first kappa shape index (κ1) is 14.2. The van der Waals surface area contributed by atoms with Crippen LogP contribution in [-0.4, -0.2) is 23.5 Å². The molecule has 3 aromatic rings. The molecule has 0 spiro atoms. The molecular formula is C18H17N3OS. The van der Waals surface area contributed by atoms with Gasteiger partial charge in [-0.3, -0.25) is 4.79 Å².